The van der Waals surface area contributed by atoms with Crippen molar-refractivity contribution in [1.29, 1.82) is 0 Å². The lowest BCUT2D eigenvalue weighted by Gasteiger charge is -2.08. The smallest absolute Gasteiger partial charge is 0.0936 e. The highest BCUT2D eigenvalue weighted by atomic mass is 32.1. The number of benzene rings is 3. The quantitative estimate of drug-likeness (QED) is 0.379. The Labute approximate surface area is 143 Å². The molecule has 3 heteroatoms. The molecule has 5 aromatic rings. The van der Waals surface area contributed by atoms with Crippen LogP contribution in [0, 0.1) is 6.92 Å². The minimum absolute atomic E-state index is 0.941. The van der Waals surface area contributed by atoms with E-state index in [0.29, 0.717) is 0 Å². The minimum Gasteiger partial charge on any atom is -0.249 e. The lowest BCUT2D eigenvalue weighted by Crippen LogP contribution is -1.94. The Balaban J connectivity index is 1.88. The predicted octanol–water partition coefficient (Wildman–Crippen LogP) is 5.97. The van der Waals surface area contributed by atoms with Crippen molar-refractivity contribution in [2.75, 3.05) is 0 Å². The number of hydrogen-bond acceptors (Lipinski definition) is 3. The van der Waals surface area contributed by atoms with Gasteiger partial charge < -0.3 is 0 Å². The molecule has 0 aliphatic heterocycles. The summed E-state index contributed by atoms with van der Waals surface area (Å²) >= 11 is 1.83. The third-order valence-corrected chi connectivity index (χ3v) is 5.62. The number of nitrogens with zero attached hydrogens (tertiary/aromatic N) is 2. The number of aromatic nitrogens is 2. The number of thiophene rings is 1. The second kappa shape index (κ2) is 5.11. The molecule has 114 valence electrons. The van der Waals surface area contributed by atoms with Crippen LogP contribution in [-0.4, -0.2) is 9.97 Å². The van der Waals surface area contributed by atoms with Crippen molar-refractivity contribution in [3.63, 3.8) is 0 Å². The van der Waals surface area contributed by atoms with Gasteiger partial charge in [-0.2, -0.15) is 0 Å². The van der Waals surface area contributed by atoms with Crippen molar-refractivity contribution in [2.24, 2.45) is 0 Å². The summed E-state index contributed by atoms with van der Waals surface area (Å²) in [5.41, 5.74) is 5.01. The SMILES string of the molecule is Cc1nc2ccccc2nc1-c1cccc2c1sc1ccccc12. The molecular formula is C21H14N2S. The summed E-state index contributed by atoms with van der Waals surface area (Å²) in [5.74, 6) is 0. The molecule has 2 heterocycles. The fourth-order valence-electron chi connectivity index (χ4n) is 3.28. The molecule has 0 saturated carbocycles. The molecule has 0 atom stereocenters. The molecule has 0 N–H and O–H groups in total. The molecule has 0 aliphatic rings. The Kier molecular flexibility index (Phi) is 2.91. The number of hydrogen-bond donors (Lipinski definition) is 0. The van der Waals surface area contributed by atoms with Crippen LogP contribution in [0.25, 0.3) is 42.5 Å². The molecule has 0 amide bonds. The molecule has 0 bridgehead atoms. The molecule has 0 radical (unpaired) electrons. The summed E-state index contributed by atoms with van der Waals surface area (Å²) in [7, 11) is 0. The van der Waals surface area contributed by atoms with Crippen LogP contribution in [0.4, 0.5) is 0 Å². The molecule has 5 rings (SSSR count). The molecule has 0 spiro atoms. The van der Waals surface area contributed by atoms with Gasteiger partial charge in [0.15, 0.2) is 0 Å². The first-order valence-electron chi connectivity index (χ1n) is 7.95. The third-order valence-electron chi connectivity index (χ3n) is 4.40. The van der Waals surface area contributed by atoms with Crippen molar-refractivity contribution >= 4 is 42.5 Å². The van der Waals surface area contributed by atoms with Crippen LogP contribution in [0.3, 0.4) is 0 Å². The van der Waals surface area contributed by atoms with Crippen molar-refractivity contribution in [3.8, 4) is 11.3 Å². The normalized spacial score (nSPS) is 11.5. The summed E-state index contributed by atoms with van der Waals surface area (Å²) < 4.78 is 2.60. The zero-order chi connectivity index (χ0) is 16.1. The molecule has 0 unspecified atom stereocenters. The number of fused-ring (bicyclic) bond motifs is 4. The summed E-state index contributed by atoms with van der Waals surface area (Å²) in [5, 5.41) is 2.60. The maximum atomic E-state index is 4.91. The van der Waals surface area contributed by atoms with Crippen molar-refractivity contribution < 1.29 is 0 Å². The lowest BCUT2D eigenvalue weighted by molar-refractivity contribution is 1.19. The topological polar surface area (TPSA) is 25.8 Å². The van der Waals surface area contributed by atoms with E-state index in [1.807, 2.05) is 42.5 Å². The average molecular weight is 326 g/mol. The minimum atomic E-state index is 0.941. The predicted molar refractivity (Wildman–Crippen MR) is 103 cm³/mol. The van der Waals surface area contributed by atoms with E-state index >= 15 is 0 Å². The van der Waals surface area contributed by atoms with Crippen LogP contribution in [-0.2, 0) is 0 Å². The largest absolute Gasteiger partial charge is 0.249 e. The first kappa shape index (κ1) is 13.6. The zero-order valence-corrected chi connectivity index (χ0v) is 14.0. The number of para-hydroxylation sites is 2. The van der Waals surface area contributed by atoms with Crippen LogP contribution in [0.5, 0.6) is 0 Å². The Hall–Kier alpha value is -2.78. The summed E-state index contributed by atoms with van der Waals surface area (Å²) in [4.78, 5) is 9.66. The van der Waals surface area contributed by atoms with Crippen molar-refractivity contribution in [2.45, 2.75) is 6.92 Å². The van der Waals surface area contributed by atoms with Gasteiger partial charge in [0.2, 0.25) is 0 Å². The first-order chi connectivity index (χ1) is 11.8. The average Bonchev–Trinajstić information content (AvgIpc) is 3.00. The monoisotopic (exact) mass is 326 g/mol. The van der Waals surface area contributed by atoms with Gasteiger partial charge in [0.1, 0.15) is 0 Å². The second-order valence-electron chi connectivity index (χ2n) is 5.93. The molecule has 0 aliphatic carbocycles. The Morgan fingerprint density at radius 2 is 1.42 bits per heavy atom. The van der Waals surface area contributed by atoms with Crippen molar-refractivity contribution in [3.05, 3.63) is 72.4 Å². The van der Waals surface area contributed by atoms with E-state index in [0.717, 1.165) is 22.4 Å². The molecule has 3 aromatic carbocycles. The van der Waals surface area contributed by atoms with Crippen LogP contribution in [0.2, 0.25) is 0 Å². The number of rotatable bonds is 1. The molecule has 2 nitrogen and oxygen atoms in total. The highest BCUT2D eigenvalue weighted by Gasteiger charge is 2.14. The highest BCUT2D eigenvalue weighted by Crippen LogP contribution is 2.39. The maximum Gasteiger partial charge on any atom is 0.0936 e. The van der Waals surface area contributed by atoms with E-state index < -0.39 is 0 Å². The molecule has 2 aromatic heterocycles. The van der Waals surface area contributed by atoms with Gasteiger partial charge in [-0.3, -0.25) is 0 Å². The van der Waals surface area contributed by atoms with E-state index in [-0.39, 0.29) is 0 Å². The fraction of sp³-hybridized carbons (Fsp3) is 0.0476. The van der Waals surface area contributed by atoms with Crippen LogP contribution in [0.1, 0.15) is 5.69 Å². The van der Waals surface area contributed by atoms with E-state index in [1.54, 1.807) is 0 Å². The standard InChI is InChI=1S/C21H14N2S/c1-13-20(23-18-11-4-3-10-17(18)22-13)16-9-6-8-15-14-7-2-5-12-19(14)24-21(15)16/h2-12H,1H3. The van der Waals surface area contributed by atoms with Gasteiger partial charge in [0.25, 0.3) is 0 Å². The van der Waals surface area contributed by atoms with Gasteiger partial charge >= 0.3 is 0 Å². The van der Waals surface area contributed by atoms with Crippen LogP contribution in [0.15, 0.2) is 66.7 Å². The molecule has 0 saturated heterocycles. The van der Waals surface area contributed by atoms with Crippen molar-refractivity contribution in [1.82, 2.24) is 9.97 Å². The lowest BCUT2D eigenvalue weighted by atomic mass is 10.1. The second-order valence-corrected chi connectivity index (χ2v) is 6.98. The van der Waals surface area contributed by atoms with Gasteiger partial charge in [-0.1, -0.05) is 48.5 Å². The number of aryl methyl sites for hydroxylation is 1. The van der Waals surface area contributed by atoms with E-state index in [4.69, 9.17) is 9.97 Å². The van der Waals surface area contributed by atoms with E-state index in [2.05, 4.69) is 42.5 Å². The van der Waals surface area contributed by atoms with E-state index in [9.17, 15) is 0 Å². The maximum absolute atomic E-state index is 4.91. The summed E-state index contributed by atoms with van der Waals surface area (Å²) in [6.45, 7) is 2.04. The summed E-state index contributed by atoms with van der Waals surface area (Å²) in [6.07, 6.45) is 0. The van der Waals surface area contributed by atoms with E-state index in [1.165, 1.54) is 25.7 Å². The van der Waals surface area contributed by atoms with Gasteiger partial charge in [-0.25, -0.2) is 9.97 Å². The fourth-order valence-corrected chi connectivity index (χ4v) is 4.49. The summed E-state index contributed by atoms with van der Waals surface area (Å²) in [6, 6.07) is 23.1. The Morgan fingerprint density at radius 1 is 0.708 bits per heavy atom. The Bertz CT molecular complexity index is 1220. The van der Waals surface area contributed by atoms with Gasteiger partial charge in [-0.15, -0.1) is 11.3 Å². The first-order valence-corrected chi connectivity index (χ1v) is 8.77. The highest BCUT2D eigenvalue weighted by molar-refractivity contribution is 7.26. The molecule has 0 fully saturated rings. The molecular weight excluding hydrogens is 312 g/mol. The van der Waals surface area contributed by atoms with Crippen LogP contribution < -0.4 is 0 Å². The van der Waals surface area contributed by atoms with Gasteiger partial charge in [-0.05, 0) is 25.1 Å². The molecule has 24 heavy (non-hydrogen) atoms. The van der Waals surface area contributed by atoms with Crippen LogP contribution >= 0.6 is 11.3 Å². The van der Waals surface area contributed by atoms with Gasteiger partial charge in [0, 0.05) is 25.7 Å². The zero-order valence-electron chi connectivity index (χ0n) is 13.2. The van der Waals surface area contributed by atoms with Gasteiger partial charge in [0.05, 0.1) is 22.4 Å². The Morgan fingerprint density at radius 3 is 2.29 bits per heavy atom. The third kappa shape index (κ3) is 1.95.